The summed E-state index contributed by atoms with van der Waals surface area (Å²) in [6, 6.07) is 10.5. The van der Waals surface area contributed by atoms with Crippen molar-refractivity contribution in [1.82, 2.24) is 10.6 Å². The number of carbonyl (C=O) groups excluding carboxylic acids is 3. The van der Waals surface area contributed by atoms with E-state index in [1.807, 2.05) is 26.8 Å². The highest BCUT2D eigenvalue weighted by atomic mass is 35.5. The maximum atomic E-state index is 12.6. The molecule has 2 aromatic rings. The number of rotatable bonds is 9. The molecule has 2 amide bonds. The molecule has 0 heterocycles. The molecule has 0 atom stereocenters. The zero-order chi connectivity index (χ0) is 25.4. The fraction of sp³-hybridized carbons (Fsp3) is 0.444. The monoisotopic (exact) mass is 500 g/mol. The van der Waals surface area contributed by atoms with Crippen molar-refractivity contribution in [2.45, 2.75) is 52.6 Å². The number of nitrogens with one attached hydrogen (secondary N) is 2. The van der Waals surface area contributed by atoms with Gasteiger partial charge in [0.25, 0.3) is 11.8 Å². The number of aryl methyl sites for hydroxylation is 2. The Bertz CT molecular complexity index is 1060. The van der Waals surface area contributed by atoms with E-state index in [2.05, 4.69) is 10.6 Å². The Hall–Kier alpha value is -3.06. The average molecular weight is 501 g/mol. The third-order valence-electron chi connectivity index (χ3n) is 6.16. The van der Waals surface area contributed by atoms with Crippen LogP contribution in [0.3, 0.4) is 0 Å². The van der Waals surface area contributed by atoms with E-state index in [1.165, 1.54) is 0 Å². The minimum atomic E-state index is -0.215. The Labute approximate surface area is 211 Å². The molecule has 1 saturated carbocycles. The Balaban J connectivity index is 1.43. The molecule has 0 spiro atoms. The molecule has 0 bridgehead atoms. The van der Waals surface area contributed by atoms with Crippen LogP contribution in [0.5, 0.6) is 5.75 Å². The summed E-state index contributed by atoms with van der Waals surface area (Å²) in [6.07, 6.45) is 3.17. The predicted octanol–water partition coefficient (Wildman–Crippen LogP) is 4.62. The van der Waals surface area contributed by atoms with Gasteiger partial charge in [0.15, 0.2) is 0 Å². The van der Waals surface area contributed by atoms with Gasteiger partial charge in [-0.05, 0) is 94.0 Å². The van der Waals surface area contributed by atoms with Gasteiger partial charge in [-0.15, -0.1) is 0 Å². The minimum absolute atomic E-state index is 0.0392. The first-order valence-electron chi connectivity index (χ1n) is 12.0. The first-order valence-corrected chi connectivity index (χ1v) is 12.4. The van der Waals surface area contributed by atoms with Crippen LogP contribution < -0.4 is 15.4 Å². The third-order valence-corrected chi connectivity index (χ3v) is 6.58. The molecular weight excluding hydrogens is 468 g/mol. The average Bonchev–Trinajstić information content (AvgIpc) is 2.84. The number of carbonyl (C=O) groups is 3. The van der Waals surface area contributed by atoms with Crippen molar-refractivity contribution in [3.63, 3.8) is 0 Å². The Kier molecular flexibility index (Phi) is 9.55. The molecule has 1 fully saturated rings. The minimum Gasteiger partial charge on any atom is -0.490 e. The molecule has 1 aliphatic rings. The molecule has 2 N–H and O–H groups in total. The van der Waals surface area contributed by atoms with E-state index in [4.69, 9.17) is 21.1 Å². The molecule has 0 aliphatic heterocycles. The summed E-state index contributed by atoms with van der Waals surface area (Å²) in [6.45, 7) is 6.55. The smallest absolute Gasteiger partial charge is 0.308 e. The summed E-state index contributed by atoms with van der Waals surface area (Å²) in [5.74, 6) is 0.136. The Morgan fingerprint density at radius 3 is 2.23 bits per heavy atom. The van der Waals surface area contributed by atoms with Crippen molar-refractivity contribution >= 4 is 29.4 Å². The molecule has 0 saturated heterocycles. The third kappa shape index (κ3) is 7.46. The van der Waals surface area contributed by atoms with Crippen molar-refractivity contribution in [3.05, 3.63) is 63.7 Å². The number of hydrogen-bond acceptors (Lipinski definition) is 5. The normalized spacial score (nSPS) is 17.4. The molecule has 188 valence electrons. The van der Waals surface area contributed by atoms with Gasteiger partial charge in [-0.3, -0.25) is 14.4 Å². The second-order valence-corrected chi connectivity index (χ2v) is 9.20. The highest BCUT2D eigenvalue weighted by molar-refractivity contribution is 6.31. The van der Waals surface area contributed by atoms with Crippen LogP contribution >= 0.6 is 11.6 Å². The molecule has 3 rings (SSSR count). The highest BCUT2D eigenvalue weighted by Gasteiger charge is 2.28. The van der Waals surface area contributed by atoms with Crippen molar-refractivity contribution in [3.8, 4) is 5.75 Å². The fourth-order valence-corrected chi connectivity index (χ4v) is 4.29. The number of esters is 1. The molecule has 8 heteroatoms. The molecular formula is C27H33ClN2O5. The molecule has 0 radical (unpaired) electrons. The van der Waals surface area contributed by atoms with Gasteiger partial charge < -0.3 is 20.1 Å². The van der Waals surface area contributed by atoms with Crippen LogP contribution in [0.2, 0.25) is 5.02 Å². The van der Waals surface area contributed by atoms with E-state index in [9.17, 15) is 14.4 Å². The number of hydrogen-bond donors (Lipinski definition) is 2. The van der Waals surface area contributed by atoms with Crippen molar-refractivity contribution in [2.24, 2.45) is 5.92 Å². The molecule has 35 heavy (non-hydrogen) atoms. The Morgan fingerprint density at radius 1 is 0.914 bits per heavy atom. The van der Waals surface area contributed by atoms with E-state index < -0.39 is 0 Å². The number of benzene rings is 2. The maximum Gasteiger partial charge on any atom is 0.308 e. The molecule has 7 nitrogen and oxygen atoms in total. The first kappa shape index (κ1) is 26.5. The van der Waals surface area contributed by atoms with E-state index in [0.717, 1.165) is 36.8 Å². The van der Waals surface area contributed by atoms with Crippen LogP contribution in [-0.2, 0) is 9.53 Å². The van der Waals surface area contributed by atoms with Crippen molar-refractivity contribution in [1.29, 1.82) is 0 Å². The van der Waals surface area contributed by atoms with Gasteiger partial charge in [0.2, 0.25) is 0 Å². The van der Waals surface area contributed by atoms with Gasteiger partial charge in [0.05, 0.1) is 18.6 Å². The van der Waals surface area contributed by atoms with Crippen LogP contribution in [0, 0.1) is 19.8 Å². The van der Waals surface area contributed by atoms with E-state index in [1.54, 1.807) is 30.3 Å². The summed E-state index contributed by atoms with van der Waals surface area (Å²) in [5.41, 5.74) is 2.72. The van der Waals surface area contributed by atoms with Gasteiger partial charge >= 0.3 is 5.97 Å². The number of amides is 2. The SMILES string of the molecule is CCOC(=O)[C@H]1CC[C@@H](Oc2ccc(C(=O)NCCNC(=O)c3ccc(Cl)c(C)c3)c(C)c2)CC1. The van der Waals surface area contributed by atoms with Gasteiger partial charge in [0.1, 0.15) is 5.75 Å². The van der Waals surface area contributed by atoms with E-state index in [0.29, 0.717) is 41.6 Å². The van der Waals surface area contributed by atoms with Crippen LogP contribution in [-0.4, -0.2) is 43.6 Å². The highest BCUT2D eigenvalue weighted by Crippen LogP contribution is 2.29. The predicted molar refractivity (Wildman–Crippen MR) is 135 cm³/mol. The van der Waals surface area contributed by atoms with Gasteiger partial charge in [0, 0.05) is 29.2 Å². The lowest BCUT2D eigenvalue weighted by Crippen LogP contribution is -2.35. The second kappa shape index (κ2) is 12.6. The van der Waals surface area contributed by atoms with Crippen molar-refractivity contribution < 1.29 is 23.9 Å². The zero-order valence-electron chi connectivity index (χ0n) is 20.5. The second-order valence-electron chi connectivity index (χ2n) is 8.80. The summed E-state index contributed by atoms with van der Waals surface area (Å²) < 4.78 is 11.2. The summed E-state index contributed by atoms with van der Waals surface area (Å²) in [4.78, 5) is 36.7. The first-order chi connectivity index (χ1) is 16.8. The van der Waals surface area contributed by atoms with Gasteiger partial charge in [-0.2, -0.15) is 0 Å². The zero-order valence-corrected chi connectivity index (χ0v) is 21.2. The van der Waals surface area contributed by atoms with E-state index >= 15 is 0 Å². The van der Waals surface area contributed by atoms with Crippen LogP contribution in [0.1, 0.15) is 64.4 Å². The quantitative estimate of drug-likeness (QED) is 0.387. The van der Waals surface area contributed by atoms with Crippen molar-refractivity contribution in [2.75, 3.05) is 19.7 Å². The van der Waals surface area contributed by atoms with Gasteiger partial charge in [-0.25, -0.2) is 0 Å². The lowest BCUT2D eigenvalue weighted by molar-refractivity contribution is -0.149. The topological polar surface area (TPSA) is 93.7 Å². The van der Waals surface area contributed by atoms with E-state index in [-0.39, 0.29) is 29.8 Å². The standard InChI is InChI=1S/C27H33ClN2O5/c1-4-34-27(33)19-5-8-21(9-6-19)35-22-10-11-23(17(2)16-22)26(32)30-14-13-29-25(31)20-7-12-24(28)18(3)15-20/h7,10-12,15-16,19,21H,4-6,8-9,13-14H2,1-3H3,(H,29,31)(H,30,32)/t19-,21+. The summed E-state index contributed by atoms with van der Waals surface area (Å²) >= 11 is 6.00. The summed E-state index contributed by atoms with van der Waals surface area (Å²) in [7, 11) is 0. The molecule has 2 aromatic carbocycles. The lowest BCUT2D eigenvalue weighted by atomic mass is 9.87. The lowest BCUT2D eigenvalue weighted by Gasteiger charge is -2.28. The van der Waals surface area contributed by atoms with Gasteiger partial charge in [-0.1, -0.05) is 11.6 Å². The van der Waals surface area contributed by atoms with Crippen LogP contribution in [0.4, 0.5) is 0 Å². The van der Waals surface area contributed by atoms with Crippen LogP contribution in [0.25, 0.3) is 0 Å². The number of halogens is 1. The Morgan fingerprint density at radius 2 is 1.60 bits per heavy atom. The molecule has 0 unspecified atom stereocenters. The fourth-order valence-electron chi connectivity index (χ4n) is 4.17. The maximum absolute atomic E-state index is 12.6. The molecule has 0 aromatic heterocycles. The largest absolute Gasteiger partial charge is 0.490 e. The van der Waals surface area contributed by atoms with Crippen LogP contribution in [0.15, 0.2) is 36.4 Å². The number of ether oxygens (including phenoxy) is 2. The molecule has 1 aliphatic carbocycles. The summed E-state index contributed by atoms with van der Waals surface area (Å²) in [5, 5.41) is 6.24.